The van der Waals surface area contributed by atoms with Crippen LogP contribution in [0.2, 0.25) is 0 Å². The number of hydrogen-bond acceptors (Lipinski definition) is 6. The van der Waals surface area contributed by atoms with Crippen molar-refractivity contribution in [1.82, 2.24) is 20.5 Å². The molecular formula is C16H16N4OS2. The van der Waals surface area contributed by atoms with Crippen molar-refractivity contribution in [1.29, 1.82) is 0 Å². The molecule has 0 fully saturated rings. The average Bonchev–Trinajstić information content (AvgIpc) is 2.94. The van der Waals surface area contributed by atoms with E-state index in [1.165, 1.54) is 17.3 Å². The Morgan fingerprint density at radius 3 is 2.65 bits per heavy atom. The number of thiazole rings is 1. The van der Waals surface area contributed by atoms with Crippen LogP contribution in [-0.4, -0.2) is 33.9 Å². The van der Waals surface area contributed by atoms with Gasteiger partial charge in [-0.1, -0.05) is 41.6 Å². The molecule has 0 aliphatic heterocycles. The van der Waals surface area contributed by atoms with Gasteiger partial charge in [0, 0.05) is 12.6 Å². The molecule has 0 saturated carbocycles. The number of nitrogens with zero attached hydrogens (tertiary/aromatic N) is 3. The van der Waals surface area contributed by atoms with Crippen LogP contribution in [0.1, 0.15) is 10.6 Å². The number of thioether (sulfide) groups is 1. The predicted molar refractivity (Wildman–Crippen MR) is 94.9 cm³/mol. The van der Waals surface area contributed by atoms with E-state index < -0.39 is 0 Å². The summed E-state index contributed by atoms with van der Waals surface area (Å²) in [5.74, 6) is 0.264. The lowest BCUT2D eigenvalue weighted by Crippen LogP contribution is -2.19. The van der Waals surface area contributed by atoms with Gasteiger partial charge in [0.05, 0.1) is 15.5 Å². The highest BCUT2D eigenvalue weighted by Gasteiger charge is 2.16. The van der Waals surface area contributed by atoms with E-state index >= 15 is 0 Å². The van der Waals surface area contributed by atoms with E-state index in [-0.39, 0.29) is 5.91 Å². The molecule has 5 nitrogen and oxygen atoms in total. The molecular weight excluding hydrogens is 328 g/mol. The fourth-order valence-corrected chi connectivity index (χ4v) is 3.91. The first-order valence-corrected chi connectivity index (χ1v) is 8.93. The van der Waals surface area contributed by atoms with Crippen molar-refractivity contribution in [2.24, 2.45) is 0 Å². The Morgan fingerprint density at radius 1 is 1.22 bits per heavy atom. The molecule has 3 aromatic rings. The second-order valence-corrected chi connectivity index (χ2v) is 7.26. The van der Waals surface area contributed by atoms with Gasteiger partial charge in [0.2, 0.25) is 5.91 Å². The van der Waals surface area contributed by atoms with Crippen LogP contribution in [0, 0.1) is 13.8 Å². The quantitative estimate of drug-likeness (QED) is 0.736. The number of aromatic nitrogens is 3. The summed E-state index contributed by atoms with van der Waals surface area (Å²) in [7, 11) is 1.62. The number of carbonyl (C=O) groups is 1. The third-order valence-electron chi connectivity index (χ3n) is 3.34. The lowest BCUT2D eigenvalue weighted by Gasteiger charge is -2.05. The van der Waals surface area contributed by atoms with Gasteiger partial charge in [-0.2, -0.15) is 0 Å². The Kier molecular flexibility index (Phi) is 4.58. The molecule has 0 bridgehead atoms. The lowest BCUT2D eigenvalue weighted by molar-refractivity contribution is -0.118. The summed E-state index contributed by atoms with van der Waals surface area (Å²) >= 11 is 2.97. The topological polar surface area (TPSA) is 67.8 Å². The van der Waals surface area contributed by atoms with E-state index in [4.69, 9.17) is 0 Å². The Bertz CT molecular complexity index is 858. The maximum absolute atomic E-state index is 11.4. The second-order valence-electron chi connectivity index (χ2n) is 5.09. The van der Waals surface area contributed by atoms with Gasteiger partial charge < -0.3 is 5.32 Å². The van der Waals surface area contributed by atoms with Crippen LogP contribution in [0.25, 0.3) is 21.5 Å². The minimum atomic E-state index is -0.0421. The number of carbonyl (C=O) groups excluding carboxylic acids is 1. The molecule has 118 valence electrons. The molecule has 1 amide bonds. The summed E-state index contributed by atoms with van der Waals surface area (Å²) in [6.07, 6.45) is 0. The summed E-state index contributed by atoms with van der Waals surface area (Å²) in [5, 5.41) is 13.0. The first-order chi connectivity index (χ1) is 11.1. The van der Waals surface area contributed by atoms with Crippen LogP contribution >= 0.6 is 23.1 Å². The number of nitrogens with one attached hydrogen (secondary N) is 1. The molecule has 2 heterocycles. The lowest BCUT2D eigenvalue weighted by atomic mass is 10.1. The highest BCUT2D eigenvalue weighted by atomic mass is 32.2. The molecule has 3 rings (SSSR count). The summed E-state index contributed by atoms with van der Waals surface area (Å²) in [4.78, 5) is 16.0. The molecule has 0 aliphatic carbocycles. The number of amides is 1. The van der Waals surface area contributed by atoms with Gasteiger partial charge in [-0.05, 0) is 13.8 Å². The monoisotopic (exact) mass is 344 g/mol. The SMILES string of the molecule is CNC(=O)CSc1nnc(-c2ccc(C)cc2)c2sc(C)nc12. The van der Waals surface area contributed by atoms with E-state index in [0.29, 0.717) is 10.8 Å². The van der Waals surface area contributed by atoms with Crippen molar-refractivity contribution in [3.05, 3.63) is 34.8 Å². The minimum Gasteiger partial charge on any atom is -0.358 e. The third-order valence-corrected chi connectivity index (χ3v) is 5.27. The maximum atomic E-state index is 11.4. The highest BCUT2D eigenvalue weighted by Crippen LogP contribution is 2.35. The fraction of sp³-hybridized carbons (Fsp3) is 0.250. The fourth-order valence-electron chi connectivity index (χ4n) is 2.12. The molecule has 7 heteroatoms. The second kappa shape index (κ2) is 6.64. The Hall–Kier alpha value is -1.99. The summed E-state index contributed by atoms with van der Waals surface area (Å²) in [6.45, 7) is 4.02. The van der Waals surface area contributed by atoms with Crippen LogP contribution in [-0.2, 0) is 4.79 Å². The standard InChI is InChI=1S/C16H16N4OS2/c1-9-4-6-11(7-5-9)13-15-14(18-10(2)23-15)16(20-19-13)22-8-12(21)17-3/h4-7H,8H2,1-3H3,(H,17,21). The zero-order valence-corrected chi connectivity index (χ0v) is 14.7. The predicted octanol–water partition coefficient (Wildman–Crippen LogP) is 3.21. The molecule has 0 radical (unpaired) electrons. The van der Waals surface area contributed by atoms with Gasteiger partial charge in [-0.3, -0.25) is 4.79 Å². The van der Waals surface area contributed by atoms with Crippen LogP contribution in [0.5, 0.6) is 0 Å². The number of fused-ring (bicyclic) bond motifs is 1. The molecule has 1 N–H and O–H groups in total. The largest absolute Gasteiger partial charge is 0.358 e. The van der Waals surface area contributed by atoms with Crippen molar-refractivity contribution in [3.63, 3.8) is 0 Å². The van der Waals surface area contributed by atoms with Gasteiger partial charge in [0.15, 0.2) is 0 Å². The Balaban J connectivity index is 2.05. The number of rotatable bonds is 4. The van der Waals surface area contributed by atoms with Gasteiger partial charge >= 0.3 is 0 Å². The Morgan fingerprint density at radius 2 is 1.96 bits per heavy atom. The average molecular weight is 344 g/mol. The molecule has 0 saturated heterocycles. The van der Waals surface area contributed by atoms with Crippen LogP contribution in [0.4, 0.5) is 0 Å². The van der Waals surface area contributed by atoms with Crippen LogP contribution < -0.4 is 5.32 Å². The van der Waals surface area contributed by atoms with Crippen LogP contribution in [0.15, 0.2) is 29.3 Å². The van der Waals surface area contributed by atoms with E-state index in [1.54, 1.807) is 18.4 Å². The summed E-state index contributed by atoms with van der Waals surface area (Å²) in [6, 6.07) is 8.21. The third kappa shape index (κ3) is 3.35. The number of hydrogen-bond donors (Lipinski definition) is 1. The first kappa shape index (κ1) is 15.9. The molecule has 2 aromatic heterocycles. The van der Waals surface area contributed by atoms with E-state index in [0.717, 1.165) is 26.5 Å². The van der Waals surface area contributed by atoms with Gasteiger partial charge in [0.1, 0.15) is 16.2 Å². The number of benzene rings is 1. The number of aryl methyl sites for hydroxylation is 2. The maximum Gasteiger partial charge on any atom is 0.230 e. The first-order valence-electron chi connectivity index (χ1n) is 7.12. The zero-order valence-electron chi connectivity index (χ0n) is 13.1. The molecule has 0 atom stereocenters. The Labute approximate surface area is 142 Å². The molecule has 0 aliphatic rings. The molecule has 0 spiro atoms. The highest BCUT2D eigenvalue weighted by molar-refractivity contribution is 8.00. The summed E-state index contributed by atoms with van der Waals surface area (Å²) < 4.78 is 1.01. The molecule has 23 heavy (non-hydrogen) atoms. The van der Waals surface area contributed by atoms with Crippen molar-refractivity contribution in [2.45, 2.75) is 18.9 Å². The van der Waals surface area contributed by atoms with Gasteiger partial charge in [-0.15, -0.1) is 21.5 Å². The smallest absolute Gasteiger partial charge is 0.230 e. The van der Waals surface area contributed by atoms with Crippen molar-refractivity contribution < 1.29 is 4.79 Å². The van der Waals surface area contributed by atoms with E-state index in [2.05, 4.69) is 39.6 Å². The van der Waals surface area contributed by atoms with Gasteiger partial charge in [0.25, 0.3) is 0 Å². The van der Waals surface area contributed by atoms with E-state index in [9.17, 15) is 4.79 Å². The van der Waals surface area contributed by atoms with Crippen molar-refractivity contribution >= 4 is 39.2 Å². The van der Waals surface area contributed by atoms with Gasteiger partial charge in [-0.25, -0.2) is 4.98 Å². The van der Waals surface area contributed by atoms with Crippen molar-refractivity contribution in [2.75, 3.05) is 12.8 Å². The molecule has 0 unspecified atom stereocenters. The van der Waals surface area contributed by atoms with Crippen molar-refractivity contribution in [3.8, 4) is 11.3 Å². The molecule has 1 aromatic carbocycles. The normalized spacial score (nSPS) is 10.9. The zero-order chi connectivity index (χ0) is 16.4. The van der Waals surface area contributed by atoms with E-state index in [1.807, 2.05) is 19.1 Å². The minimum absolute atomic E-state index is 0.0421. The summed E-state index contributed by atoms with van der Waals surface area (Å²) in [5.41, 5.74) is 3.90. The van der Waals surface area contributed by atoms with Crippen LogP contribution in [0.3, 0.4) is 0 Å².